The van der Waals surface area contributed by atoms with Crippen LogP contribution in [0.15, 0.2) is 48.6 Å². The van der Waals surface area contributed by atoms with Gasteiger partial charge in [0.05, 0.1) is 21.5 Å². The molecule has 0 radical (unpaired) electrons. The van der Waals surface area contributed by atoms with Gasteiger partial charge in [0.15, 0.2) is 0 Å². The van der Waals surface area contributed by atoms with E-state index in [4.69, 9.17) is 0 Å². The molecule has 0 saturated carbocycles. The summed E-state index contributed by atoms with van der Waals surface area (Å²) in [5.74, 6) is 0.108. The average Bonchev–Trinajstić information content (AvgIpc) is 3.11. The molecule has 26 heavy (non-hydrogen) atoms. The highest BCUT2D eigenvalue weighted by Gasteiger charge is 2.42. The van der Waals surface area contributed by atoms with E-state index in [0.29, 0.717) is 0 Å². The summed E-state index contributed by atoms with van der Waals surface area (Å²) in [6.07, 6.45) is 4.93. The van der Waals surface area contributed by atoms with Crippen molar-refractivity contribution in [2.75, 3.05) is 5.32 Å². The normalized spacial score (nSPS) is 23.0. The highest BCUT2D eigenvalue weighted by molar-refractivity contribution is 5.70. The fourth-order valence-corrected chi connectivity index (χ4v) is 4.13. The van der Waals surface area contributed by atoms with E-state index < -0.39 is 4.92 Å². The minimum Gasteiger partial charge on any atom is -0.377 e. The van der Waals surface area contributed by atoms with Gasteiger partial charge in [-0.1, -0.05) is 30.4 Å². The lowest BCUT2D eigenvalue weighted by molar-refractivity contribution is -0.385. The van der Waals surface area contributed by atoms with E-state index in [0.717, 1.165) is 28.8 Å². The highest BCUT2D eigenvalue weighted by Crippen LogP contribution is 2.53. The van der Waals surface area contributed by atoms with Crippen molar-refractivity contribution in [1.29, 1.82) is 0 Å². The second-order valence-electron chi connectivity index (χ2n) is 6.77. The van der Waals surface area contributed by atoms with E-state index in [9.17, 15) is 20.2 Å². The number of hydrogen-bond acceptors (Lipinski definition) is 5. The van der Waals surface area contributed by atoms with Crippen LogP contribution in [-0.2, 0) is 0 Å². The minimum atomic E-state index is -0.416. The zero-order chi connectivity index (χ0) is 18.4. The largest absolute Gasteiger partial charge is 0.377 e. The average molecular weight is 351 g/mol. The lowest BCUT2D eigenvalue weighted by Crippen LogP contribution is -2.30. The summed E-state index contributed by atoms with van der Waals surface area (Å²) in [5, 5.41) is 25.9. The Morgan fingerprint density at radius 2 is 1.77 bits per heavy atom. The standard InChI is InChI=1S/C19H17N3O4/c1-11-5-10-16(22(25)26)17-14-3-2-4-15(14)19(20-18(11)17)12-6-8-13(9-7-12)21(23)24/h2-3,5-10,14-15,19-20H,4H2,1H3/t14-,15+,19-/m1/s1. The maximum atomic E-state index is 11.5. The Morgan fingerprint density at radius 1 is 1.04 bits per heavy atom. The number of fused-ring (bicyclic) bond motifs is 3. The number of non-ortho nitro benzene ring substituents is 1. The maximum Gasteiger partial charge on any atom is 0.275 e. The SMILES string of the molecule is Cc1ccc([N+](=O)[O-])c2c1N[C@H](c1ccc([N+](=O)[O-])cc1)[C@H]1CC=C[C@@H]21. The summed E-state index contributed by atoms with van der Waals surface area (Å²) in [7, 11) is 0. The number of nitro groups is 2. The molecule has 0 aromatic heterocycles. The van der Waals surface area contributed by atoms with E-state index in [1.54, 1.807) is 24.3 Å². The van der Waals surface area contributed by atoms with Crippen LogP contribution in [0, 0.1) is 33.1 Å². The predicted molar refractivity (Wildman–Crippen MR) is 97.3 cm³/mol. The molecule has 2 aliphatic rings. The number of allylic oxidation sites excluding steroid dienone is 2. The molecule has 0 saturated heterocycles. The fourth-order valence-electron chi connectivity index (χ4n) is 4.13. The van der Waals surface area contributed by atoms with Gasteiger partial charge in [-0.2, -0.15) is 0 Å². The molecule has 3 atom stereocenters. The second kappa shape index (κ2) is 5.94. The Labute approximate surface area is 149 Å². The van der Waals surface area contributed by atoms with E-state index in [1.807, 2.05) is 6.92 Å². The molecule has 1 aliphatic heterocycles. The van der Waals surface area contributed by atoms with E-state index in [-0.39, 0.29) is 34.2 Å². The van der Waals surface area contributed by atoms with Gasteiger partial charge in [0.2, 0.25) is 0 Å². The Bertz CT molecular complexity index is 937. The number of nitro benzene ring substituents is 2. The van der Waals surface area contributed by atoms with Crippen LogP contribution < -0.4 is 5.32 Å². The van der Waals surface area contributed by atoms with Crippen LogP contribution in [0.4, 0.5) is 17.1 Å². The van der Waals surface area contributed by atoms with Crippen molar-refractivity contribution >= 4 is 17.1 Å². The zero-order valence-electron chi connectivity index (χ0n) is 14.1. The van der Waals surface area contributed by atoms with Crippen LogP contribution in [0.5, 0.6) is 0 Å². The lowest BCUT2D eigenvalue weighted by atomic mass is 9.75. The molecule has 0 fully saturated rings. The van der Waals surface area contributed by atoms with Gasteiger partial charge in [0.25, 0.3) is 11.4 Å². The maximum absolute atomic E-state index is 11.5. The molecule has 2 aromatic rings. The number of nitrogens with zero attached hydrogens (tertiary/aromatic N) is 2. The van der Waals surface area contributed by atoms with Crippen LogP contribution in [0.25, 0.3) is 0 Å². The van der Waals surface area contributed by atoms with Gasteiger partial charge >= 0.3 is 0 Å². The minimum absolute atomic E-state index is 0.0354. The van der Waals surface area contributed by atoms with E-state index in [1.165, 1.54) is 12.1 Å². The van der Waals surface area contributed by atoms with Crippen molar-refractivity contribution in [1.82, 2.24) is 0 Å². The molecule has 1 aliphatic carbocycles. The third-order valence-corrected chi connectivity index (χ3v) is 5.36. The monoisotopic (exact) mass is 351 g/mol. The fraction of sp³-hybridized carbons (Fsp3) is 0.263. The van der Waals surface area contributed by atoms with Crippen LogP contribution in [0.2, 0.25) is 0 Å². The molecule has 0 amide bonds. The van der Waals surface area contributed by atoms with Gasteiger partial charge in [-0.15, -0.1) is 0 Å². The summed E-state index contributed by atoms with van der Waals surface area (Å²) >= 11 is 0. The van der Waals surface area contributed by atoms with Crippen molar-refractivity contribution in [3.05, 3.63) is 85.5 Å². The first-order valence-electron chi connectivity index (χ1n) is 8.43. The summed E-state index contributed by atoms with van der Waals surface area (Å²) in [5.41, 5.74) is 3.64. The molecule has 0 spiro atoms. The first-order chi connectivity index (χ1) is 12.5. The molecular formula is C19H17N3O4. The predicted octanol–water partition coefficient (Wildman–Crippen LogP) is 4.64. The van der Waals surface area contributed by atoms with Crippen LogP contribution in [0.3, 0.4) is 0 Å². The molecule has 1 heterocycles. The molecule has 0 bridgehead atoms. The summed E-state index contributed by atoms with van der Waals surface area (Å²) in [4.78, 5) is 21.7. The Balaban J connectivity index is 1.81. The van der Waals surface area contributed by atoms with Crippen molar-refractivity contribution in [2.24, 2.45) is 5.92 Å². The van der Waals surface area contributed by atoms with Gasteiger partial charge in [-0.3, -0.25) is 20.2 Å². The molecule has 4 rings (SSSR count). The van der Waals surface area contributed by atoms with Crippen LogP contribution >= 0.6 is 0 Å². The van der Waals surface area contributed by atoms with Gasteiger partial charge in [0.1, 0.15) is 0 Å². The number of rotatable bonds is 3. The van der Waals surface area contributed by atoms with Crippen molar-refractivity contribution in [2.45, 2.75) is 25.3 Å². The molecule has 0 unspecified atom stereocenters. The third kappa shape index (κ3) is 2.44. The molecule has 2 aromatic carbocycles. The number of benzene rings is 2. The van der Waals surface area contributed by atoms with Crippen molar-refractivity contribution < 1.29 is 9.85 Å². The van der Waals surface area contributed by atoms with Crippen molar-refractivity contribution in [3.63, 3.8) is 0 Å². The van der Waals surface area contributed by atoms with Crippen molar-refractivity contribution in [3.8, 4) is 0 Å². The third-order valence-electron chi connectivity index (χ3n) is 5.36. The summed E-state index contributed by atoms with van der Waals surface area (Å²) < 4.78 is 0. The smallest absolute Gasteiger partial charge is 0.275 e. The molecule has 7 heteroatoms. The first-order valence-corrected chi connectivity index (χ1v) is 8.43. The van der Waals surface area contributed by atoms with E-state index in [2.05, 4.69) is 17.5 Å². The zero-order valence-corrected chi connectivity index (χ0v) is 14.1. The molecule has 1 N–H and O–H groups in total. The van der Waals surface area contributed by atoms with Gasteiger partial charge in [0, 0.05) is 29.8 Å². The number of aryl methyl sites for hydroxylation is 1. The topological polar surface area (TPSA) is 98.3 Å². The Kier molecular flexibility index (Phi) is 3.72. The first kappa shape index (κ1) is 16.3. The number of nitrogens with one attached hydrogen (secondary N) is 1. The van der Waals surface area contributed by atoms with Gasteiger partial charge in [-0.05, 0) is 30.4 Å². The highest BCUT2D eigenvalue weighted by atomic mass is 16.6. The Hall–Kier alpha value is -3.22. The van der Waals surface area contributed by atoms with Crippen LogP contribution in [-0.4, -0.2) is 9.85 Å². The number of hydrogen-bond donors (Lipinski definition) is 1. The van der Waals surface area contributed by atoms with E-state index >= 15 is 0 Å². The Morgan fingerprint density at radius 3 is 2.42 bits per heavy atom. The van der Waals surface area contributed by atoms with Gasteiger partial charge in [-0.25, -0.2) is 0 Å². The quantitative estimate of drug-likeness (QED) is 0.493. The molecule has 7 nitrogen and oxygen atoms in total. The molecular weight excluding hydrogens is 334 g/mol. The second-order valence-corrected chi connectivity index (χ2v) is 6.77. The van der Waals surface area contributed by atoms with Crippen LogP contribution in [0.1, 0.15) is 35.1 Å². The van der Waals surface area contributed by atoms with Gasteiger partial charge < -0.3 is 5.32 Å². The number of anilines is 1. The summed E-state index contributed by atoms with van der Waals surface area (Å²) in [6, 6.07) is 9.82. The summed E-state index contributed by atoms with van der Waals surface area (Å²) in [6.45, 7) is 1.93. The molecule has 132 valence electrons. The lowest BCUT2D eigenvalue weighted by Gasteiger charge is -2.37.